The van der Waals surface area contributed by atoms with Gasteiger partial charge in [0.15, 0.2) is 33.3 Å². The number of hydrogen-bond donors (Lipinski definition) is 2. The molecule has 13 heteroatoms. The van der Waals surface area contributed by atoms with Crippen LogP contribution in [0.5, 0.6) is 5.75 Å². The summed E-state index contributed by atoms with van der Waals surface area (Å²) in [5, 5.41) is 17.1. The van der Waals surface area contributed by atoms with Crippen LogP contribution in [0.2, 0.25) is 0 Å². The van der Waals surface area contributed by atoms with E-state index >= 15 is 0 Å². The maximum Gasteiger partial charge on any atom is 0.358 e. The molecule has 0 saturated heterocycles. The first-order valence-electron chi connectivity index (χ1n) is 15.8. The lowest BCUT2D eigenvalue weighted by molar-refractivity contribution is 0.0519. The van der Waals surface area contributed by atoms with E-state index in [0.29, 0.717) is 42.5 Å². The summed E-state index contributed by atoms with van der Waals surface area (Å²) in [5.74, 6) is 6.34. The SMILES string of the molecule is CCOC(=O)c1nc(NCc2cc(C3CC3)c(Nc3nc4ccccc4s3)nn2)sc1CCCOc1ccc(C#CCN(C)C)cc1F. The number of aryl methyl sites for hydroxylation is 1. The van der Waals surface area contributed by atoms with Gasteiger partial charge in [0.1, 0.15) is 0 Å². The zero-order valence-corrected chi connectivity index (χ0v) is 28.6. The maximum absolute atomic E-state index is 14.6. The molecule has 248 valence electrons. The second-order valence-electron chi connectivity index (χ2n) is 11.5. The summed E-state index contributed by atoms with van der Waals surface area (Å²) in [5.41, 5.74) is 3.71. The molecule has 0 bridgehead atoms. The number of anilines is 3. The number of aromatic nitrogens is 4. The Balaban J connectivity index is 1.07. The molecule has 3 aromatic heterocycles. The van der Waals surface area contributed by atoms with Crippen molar-refractivity contribution in [3.05, 3.63) is 81.7 Å². The van der Waals surface area contributed by atoms with Gasteiger partial charge in [0.25, 0.3) is 0 Å². The van der Waals surface area contributed by atoms with Crippen LogP contribution in [0.15, 0.2) is 48.5 Å². The third-order valence-corrected chi connectivity index (χ3v) is 9.39. The van der Waals surface area contributed by atoms with Crippen molar-refractivity contribution in [1.82, 2.24) is 25.1 Å². The van der Waals surface area contributed by atoms with Gasteiger partial charge in [-0.2, -0.15) is 5.10 Å². The van der Waals surface area contributed by atoms with Gasteiger partial charge in [-0.05, 0) is 89.0 Å². The highest BCUT2D eigenvalue weighted by molar-refractivity contribution is 7.22. The number of carbonyl (C=O) groups is 1. The first-order chi connectivity index (χ1) is 23.4. The Hall–Kier alpha value is -4.64. The number of thiazole rings is 2. The molecule has 0 aliphatic heterocycles. The largest absolute Gasteiger partial charge is 0.491 e. The summed E-state index contributed by atoms with van der Waals surface area (Å²) in [6, 6.07) is 14.8. The van der Waals surface area contributed by atoms with E-state index in [2.05, 4.69) is 54.8 Å². The highest BCUT2D eigenvalue weighted by atomic mass is 32.1. The van der Waals surface area contributed by atoms with E-state index in [9.17, 15) is 9.18 Å². The maximum atomic E-state index is 14.6. The third kappa shape index (κ3) is 8.63. The lowest BCUT2D eigenvalue weighted by atomic mass is 10.1. The predicted octanol–water partition coefficient (Wildman–Crippen LogP) is 7.02. The van der Waals surface area contributed by atoms with Crippen LogP contribution in [0.3, 0.4) is 0 Å². The zero-order chi connectivity index (χ0) is 33.5. The minimum absolute atomic E-state index is 0.165. The monoisotopic (exact) mass is 685 g/mol. The van der Waals surface area contributed by atoms with E-state index in [1.54, 1.807) is 30.4 Å². The van der Waals surface area contributed by atoms with Crippen LogP contribution in [0, 0.1) is 17.7 Å². The molecular weight excluding hydrogens is 650 g/mol. The summed E-state index contributed by atoms with van der Waals surface area (Å²) in [6.07, 6.45) is 3.29. The van der Waals surface area contributed by atoms with Gasteiger partial charge in [0, 0.05) is 16.0 Å². The van der Waals surface area contributed by atoms with Gasteiger partial charge >= 0.3 is 5.97 Å². The Bertz CT molecular complexity index is 1930. The van der Waals surface area contributed by atoms with E-state index < -0.39 is 11.8 Å². The Kier molecular flexibility index (Phi) is 10.7. The van der Waals surface area contributed by atoms with Crippen molar-refractivity contribution >= 4 is 54.9 Å². The Morgan fingerprint density at radius 1 is 1.08 bits per heavy atom. The van der Waals surface area contributed by atoms with Crippen LogP contribution in [0.25, 0.3) is 10.2 Å². The van der Waals surface area contributed by atoms with E-state index in [1.807, 2.05) is 37.2 Å². The molecule has 1 aliphatic rings. The molecule has 1 saturated carbocycles. The molecule has 1 fully saturated rings. The Morgan fingerprint density at radius 3 is 2.71 bits per heavy atom. The number of benzene rings is 2. The topological polar surface area (TPSA) is 114 Å². The molecule has 0 atom stereocenters. The summed E-state index contributed by atoms with van der Waals surface area (Å²) in [4.78, 5) is 24.7. The van der Waals surface area contributed by atoms with Crippen molar-refractivity contribution in [2.75, 3.05) is 44.5 Å². The van der Waals surface area contributed by atoms with Gasteiger partial charge in [0.2, 0.25) is 0 Å². The van der Waals surface area contributed by atoms with Crippen molar-refractivity contribution in [2.45, 2.75) is 45.1 Å². The Morgan fingerprint density at radius 2 is 1.94 bits per heavy atom. The van der Waals surface area contributed by atoms with Crippen molar-refractivity contribution in [3.63, 3.8) is 0 Å². The number of rotatable bonds is 14. The number of halogens is 1. The van der Waals surface area contributed by atoms with Crippen LogP contribution >= 0.6 is 22.7 Å². The van der Waals surface area contributed by atoms with E-state index in [0.717, 1.165) is 50.1 Å². The molecule has 0 radical (unpaired) electrons. The number of nitrogens with zero attached hydrogens (tertiary/aromatic N) is 5. The standard InChI is InChI=1S/C35H36FN7O3S2/c1-4-45-33(44)31-30(12-8-18-46-28-16-13-22(19-26(28)36)9-7-17-43(2)3)48-34(39-31)37-21-24-20-25(23-14-15-23)32(42-41-24)40-35-38-27-10-5-6-11-29(27)47-35/h5-6,10-11,13,16,19-20,23H,4,8,12,14-15,17-18,21H2,1-3H3,(H,37,39)(H,38,40,42). The van der Waals surface area contributed by atoms with Crippen LogP contribution in [-0.4, -0.2) is 64.9 Å². The van der Waals surface area contributed by atoms with Gasteiger partial charge in [-0.3, -0.25) is 4.90 Å². The molecule has 2 aromatic carbocycles. The van der Waals surface area contributed by atoms with Crippen LogP contribution in [-0.2, 0) is 17.7 Å². The number of nitrogens with one attached hydrogen (secondary N) is 2. The number of ether oxygens (including phenoxy) is 2. The zero-order valence-electron chi connectivity index (χ0n) is 27.0. The van der Waals surface area contributed by atoms with Crippen LogP contribution < -0.4 is 15.4 Å². The lowest BCUT2D eigenvalue weighted by Crippen LogP contribution is -2.10. The normalized spacial score (nSPS) is 12.5. The molecule has 5 aromatic rings. The van der Waals surface area contributed by atoms with E-state index in [1.165, 1.54) is 17.4 Å². The predicted molar refractivity (Wildman–Crippen MR) is 188 cm³/mol. The number of carbonyl (C=O) groups excluding carboxylic acids is 1. The number of esters is 1. The fraction of sp³-hybridized carbons (Fsp3) is 0.343. The van der Waals surface area contributed by atoms with Gasteiger partial charge in [-0.25, -0.2) is 19.2 Å². The van der Waals surface area contributed by atoms with E-state index in [-0.39, 0.29) is 24.7 Å². The number of hydrogen-bond acceptors (Lipinski definition) is 12. The quantitative estimate of drug-likeness (QED) is 0.0719. The molecule has 0 unspecified atom stereocenters. The average molecular weight is 686 g/mol. The molecule has 6 rings (SSSR count). The minimum atomic E-state index is -0.476. The summed E-state index contributed by atoms with van der Waals surface area (Å²) in [7, 11) is 3.85. The van der Waals surface area contributed by atoms with E-state index in [4.69, 9.17) is 9.47 Å². The summed E-state index contributed by atoms with van der Waals surface area (Å²) in [6.45, 7) is 3.25. The summed E-state index contributed by atoms with van der Waals surface area (Å²) >= 11 is 2.97. The molecule has 1 aliphatic carbocycles. The molecule has 10 nitrogen and oxygen atoms in total. The first kappa shape index (κ1) is 33.3. The fourth-order valence-electron chi connectivity index (χ4n) is 4.90. The fourth-order valence-corrected chi connectivity index (χ4v) is 6.75. The highest BCUT2D eigenvalue weighted by Crippen LogP contribution is 2.44. The van der Waals surface area contributed by atoms with Crippen molar-refractivity contribution in [3.8, 4) is 17.6 Å². The number of fused-ring (bicyclic) bond motifs is 1. The van der Waals surface area contributed by atoms with Crippen molar-refractivity contribution in [2.24, 2.45) is 0 Å². The average Bonchev–Trinajstić information content (AvgIpc) is 3.70. The van der Waals surface area contributed by atoms with Gasteiger partial charge in [-0.1, -0.05) is 35.3 Å². The minimum Gasteiger partial charge on any atom is -0.491 e. The van der Waals surface area contributed by atoms with Crippen LogP contribution in [0.1, 0.15) is 64.3 Å². The first-order valence-corrected chi connectivity index (χ1v) is 17.4. The second-order valence-corrected chi connectivity index (χ2v) is 13.6. The Labute approximate surface area is 286 Å². The molecule has 2 N–H and O–H groups in total. The highest BCUT2D eigenvalue weighted by Gasteiger charge is 2.28. The molecule has 48 heavy (non-hydrogen) atoms. The number of para-hydroxylation sites is 1. The summed E-state index contributed by atoms with van der Waals surface area (Å²) < 4.78 is 26.7. The van der Waals surface area contributed by atoms with Gasteiger partial charge in [-0.15, -0.1) is 16.4 Å². The molecular formula is C35H36FN7O3S2. The second kappa shape index (κ2) is 15.5. The van der Waals surface area contributed by atoms with Crippen LogP contribution in [0.4, 0.5) is 20.5 Å². The van der Waals surface area contributed by atoms with Gasteiger partial charge < -0.3 is 20.1 Å². The molecule has 0 spiro atoms. The van der Waals surface area contributed by atoms with Gasteiger partial charge in [0.05, 0.1) is 42.2 Å². The smallest absolute Gasteiger partial charge is 0.358 e. The third-order valence-electron chi connectivity index (χ3n) is 7.36. The molecule has 3 heterocycles. The van der Waals surface area contributed by atoms with Crippen molar-refractivity contribution in [1.29, 1.82) is 0 Å². The molecule has 0 amide bonds. The lowest BCUT2D eigenvalue weighted by Gasteiger charge is -2.10. The van der Waals surface area contributed by atoms with Crippen molar-refractivity contribution < 1.29 is 18.7 Å².